The minimum atomic E-state index is -3.19. The van der Waals surface area contributed by atoms with Gasteiger partial charge in [0, 0.05) is 70.0 Å². The molecule has 0 fully saturated rings. The maximum absolute atomic E-state index is 12.3. The van der Waals surface area contributed by atoms with Gasteiger partial charge in [-0.3, -0.25) is 28.8 Å². The summed E-state index contributed by atoms with van der Waals surface area (Å²) in [6, 6.07) is 4.02. The van der Waals surface area contributed by atoms with Gasteiger partial charge in [-0.05, 0) is 52.7 Å². The maximum Gasteiger partial charge on any atom is 1.00 e. The number of aliphatic hydroxyl groups excluding tert-OH is 2. The minimum Gasteiger partial charge on any atom is -0.857 e. The summed E-state index contributed by atoms with van der Waals surface area (Å²) in [5, 5.41) is 24.4. The summed E-state index contributed by atoms with van der Waals surface area (Å²) in [6.45, 7) is 21.3. The molecule has 1 aromatic rings. The third-order valence-electron chi connectivity index (χ3n) is 8.49. The minimum absolute atomic E-state index is 0. The van der Waals surface area contributed by atoms with Crippen LogP contribution in [-0.4, -0.2) is 80.9 Å². The van der Waals surface area contributed by atoms with Gasteiger partial charge >= 0.3 is 29.6 Å². The molecule has 3 aliphatic carbocycles. The third-order valence-corrected chi connectivity index (χ3v) is 8.49. The van der Waals surface area contributed by atoms with Crippen LogP contribution in [0.3, 0.4) is 0 Å². The Kier molecular flexibility index (Phi) is 24.0. The molecule has 1 aromatic carbocycles. The molecule has 0 spiro atoms. The van der Waals surface area contributed by atoms with Gasteiger partial charge in [-0.15, -0.1) is 0 Å². The van der Waals surface area contributed by atoms with E-state index >= 15 is 0 Å². The van der Waals surface area contributed by atoms with E-state index in [0.717, 1.165) is 37.2 Å². The van der Waals surface area contributed by atoms with E-state index in [0.29, 0.717) is 16.9 Å². The van der Waals surface area contributed by atoms with E-state index in [9.17, 15) is 37.2 Å². The molecule has 0 bridgehead atoms. The number of halogens is 1. The van der Waals surface area contributed by atoms with Crippen molar-refractivity contribution in [3.63, 3.8) is 0 Å². The van der Waals surface area contributed by atoms with E-state index in [4.69, 9.17) is 24.8 Å². The van der Waals surface area contributed by atoms with E-state index in [2.05, 4.69) is 10.7 Å². The monoisotopic (exact) mass is 836 g/mol. The van der Waals surface area contributed by atoms with Gasteiger partial charge in [-0.2, -0.15) is 7.11 Å². The molecule has 0 aromatic heterocycles. The quantitative estimate of drug-likeness (QED) is 0.331. The molecule has 0 amide bonds. The smallest absolute Gasteiger partial charge is 0.857 e. The number of ether oxygens (including phenoxy) is 2. The van der Waals surface area contributed by atoms with Crippen molar-refractivity contribution >= 4 is 54.4 Å². The molecule has 0 unspecified atom stereocenters. The van der Waals surface area contributed by atoms with Crippen LogP contribution in [0.2, 0.25) is 0 Å². The summed E-state index contributed by atoms with van der Waals surface area (Å²) in [4.78, 5) is 70.3. The van der Waals surface area contributed by atoms with Gasteiger partial charge in [0.1, 0.15) is 5.75 Å². The predicted octanol–water partition coefficient (Wildman–Crippen LogP) is 2.47. The summed E-state index contributed by atoms with van der Waals surface area (Å²) in [7, 11) is 4.48. The molecule has 0 saturated heterocycles. The number of Topliss-reactive ketones (excluding diaryl/α,β-unsaturated/α-hetero) is 6. The molecule has 3 aliphatic rings. The third kappa shape index (κ3) is 16.5. The van der Waals surface area contributed by atoms with Crippen molar-refractivity contribution in [3.05, 3.63) is 62.8 Å². The normalized spacial score (nSPS) is 18.2. The Morgan fingerprint density at radius 3 is 1.27 bits per heavy atom. The largest absolute Gasteiger partial charge is 1.00 e. The number of allylic oxidation sites excluding steroid dienone is 6. The predicted molar refractivity (Wildman–Crippen MR) is 209 cm³/mol. The second-order valence-corrected chi connectivity index (χ2v) is 18.1. The molecule has 0 saturated carbocycles. The van der Waals surface area contributed by atoms with E-state index in [1.54, 1.807) is 55.4 Å². The molecular weight excluding hydrogens is 779 g/mol. The topological polar surface area (TPSA) is 219 Å². The Morgan fingerprint density at radius 2 is 0.929 bits per heavy atom. The van der Waals surface area contributed by atoms with E-state index in [-0.39, 0.29) is 106 Å². The Bertz CT molecular complexity index is 1830. The first-order valence-electron chi connectivity index (χ1n) is 17.0. The molecule has 2 N–H and O–H groups in total. The zero-order valence-electron chi connectivity index (χ0n) is 35.9. The van der Waals surface area contributed by atoms with Crippen molar-refractivity contribution in [1.29, 1.82) is 0 Å². The summed E-state index contributed by atoms with van der Waals surface area (Å²) < 4.78 is 29.6. The fourth-order valence-electron chi connectivity index (χ4n) is 5.98. The molecular formula is C40H58ClNaO13S. The number of rotatable bonds is 3. The number of ketones is 6. The van der Waals surface area contributed by atoms with Crippen LogP contribution in [0.15, 0.2) is 46.1 Å². The van der Waals surface area contributed by atoms with Gasteiger partial charge in [-0.1, -0.05) is 59.2 Å². The van der Waals surface area contributed by atoms with Crippen LogP contribution in [0.25, 0.3) is 0 Å². The molecule has 56 heavy (non-hydrogen) atoms. The summed E-state index contributed by atoms with van der Waals surface area (Å²) >= 11 is 0. The van der Waals surface area contributed by atoms with Crippen LogP contribution >= 0.6 is 10.7 Å². The average molecular weight is 837 g/mol. The van der Waals surface area contributed by atoms with Crippen LogP contribution in [0.1, 0.15) is 98.3 Å². The summed E-state index contributed by atoms with van der Waals surface area (Å²) in [6.07, 6.45) is 1.47. The molecule has 310 valence electrons. The second kappa shape index (κ2) is 23.4. The first kappa shape index (κ1) is 57.3. The van der Waals surface area contributed by atoms with Crippen LogP contribution in [-0.2, 0) is 42.6 Å². The number of hydrogen-bond acceptors (Lipinski definition) is 13. The van der Waals surface area contributed by atoms with Gasteiger partial charge in [0.2, 0.25) is 9.05 Å². The Labute approximate surface area is 358 Å². The SMILES string of the molecule is CC1=C(O)C(=O)CC(C)(C)C1=O.CC1=C(Oc2c(C)cc(C)cc2C)C(=O)CC(C)(C)C1=O.CO.COC1=C(C)C(=O)C(C)(C)CC1=O.CS(=O)(=O)Cl.C[O-].[Na+]. The zero-order valence-corrected chi connectivity index (χ0v) is 39.5. The van der Waals surface area contributed by atoms with Crippen LogP contribution in [0.4, 0.5) is 0 Å². The van der Waals surface area contributed by atoms with Crippen molar-refractivity contribution in [3.8, 4) is 5.75 Å². The van der Waals surface area contributed by atoms with Crippen molar-refractivity contribution in [2.75, 3.05) is 27.6 Å². The Balaban J connectivity index is -0.000000699. The average Bonchev–Trinajstić information content (AvgIpc) is 3.05. The van der Waals surface area contributed by atoms with Gasteiger partial charge in [0.15, 0.2) is 52.0 Å². The molecule has 0 heterocycles. The summed E-state index contributed by atoms with van der Waals surface area (Å²) in [5.74, 6) is 0.0788. The summed E-state index contributed by atoms with van der Waals surface area (Å²) in [5.41, 5.74) is 2.31. The first-order valence-corrected chi connectivity index (χ1v) is 19.7. The number of carbonyl (C=O) groups excluding carboxylic acids is 6. The number of aliphatic hydroxyl groups is 2. The number of methoxy groups -OCH3 is 1. The van der Waals surface area contributed by atoms with Gasteiger partial charge in [0.25, 0.3) is 0 Å². The Hall–Kier alpha value is -2.98. The van der Waals surface area contributed by atoms with E-state index < -0.39 is 25.3 Å². The molecule has 4 rings (SSSR count). The number of benzene rings is 1. The zero-order chi connectivity index (χ0) is 44.2. The fraction of sp³-hybridized carbons (Fsp3) is 0.550. The van der Waals surface area contributed by atoms with Crippen molar-refractivity contribution < 1.29 is 91.5 Å². The molecule has 16 heteroatoms. The van der Waals surface area contributed by atoms with Crippen LogP contribution in [0, 0.1) is 37.0 Å². The van der Waals surface area contributed by atoms with Gasteiger partial charge < -0.3 is 24.8 Å². The maximum atomic E-state index is 12.3. The van der Waals surface area contributed by atoms with E-state index in [1.165, 1.54) is 14.0 Å². The molecule has 0 radical (unpaired) electrons. The van der Waals surface area contributed by atoms with Gasteiger partial charge in [0.05, 0.1) is 13.4 Å². The molecule has 0 aliphatic heterocycles. The van der Waals surface area contributed by atoms with Gasteiger partial charge in [-0.25, -0.2) is 8.42 Å². The van der Waals surface area contributed by atoms with Crippen LogP contribution < -0.4 is 39.4 Å². The molecule has 0 atom stereocenters. The van der Waals surface area contributed by atoms with Crippen molar-refractivity contribution in [2.24, 2.45) is 16.2 Å². The number of hydrogen-bond donors (Lipinski definition) is 2. The molecule has 13 nitrogen and oxygen atoms in total. The number of carbonyl (C=O) groups is 6. The standard InChI is InChI=1S/C18H22O3.C10H14O3.C9H12O3.CH3ClO2S.CH4O.CH3O.Na/c1-10-7-11(2)15(12(3)8-10)21-16-13(4)17(20)18(5,6)9-14(16)19;1-6-8(13-4)7(11)5-10(2,3)9(6)12;1-5-7(11)6(10)4-9(2,3)8(5)12;1-5(2,3)4;2*1-2;/h7-8H,9H2,1-6H3;5H2,1-4H3;11H,4H2,1-3H3;1H3;2H,1H3;1H3;/q;;;;;-1;+1. The first-order chi connectivity index (χ1) is 24.9. The van der Waals surface area contributed by atoms with Crippen molar-refractivity contribution in [1.82, 2.24) is 0 Å². The van der Waals surface area contributed by atoms with Crippen LogP contribution in [0.5, 0.6) is 5.75 Å². The Morgan fingerprint density at radius 1 is 0.643 bits per heavy atom. The van der Waals surface area contributed by atoms with Crippen molar-refractivity contribution in [2.45, 2.75) is 102 Å². The number of aryl methyl sites for hydroxylation is 3. The fourth-order valence-corrected chi connectivity index (χ4v) is 5.98. The van der Waals surface area contributed by atoms with E-state index in [1.807, 2.05) is 32.9 Å². The second-order valence-electron chi connectivity index (χ2n) is 15.0.